The van der Waals surface area contributed by atoms with Crippen LogP contribution in [0.1, 0.15) is 51.3 Å². The van der Waals surface area contributed by atoms with Crippen LogP contribution in [0.4, 0.5) is 0 Å². The number of aliphatic hydroxyl groups excluding tert-OH is 1. The predicted octanol–water partition coefficient (Wildman–Crippen LogP) is 6.88. The standard InChI is InChI=1S/C33H43NO5Si/c1-31(2,3)40(6,7)39-34-23-29-30(38-32(4,5)37-29)28(35)24-36-33(25-17-11-8-12-18-25,26-19-13-9-14-20-26)27-21-15-10-16-22-27/h8-23,28-30,35H,24H2,1-7H3/b34-23-/t28-,29+,30-/m1/s1. The Balaban J connectivity index is 1.63. The van der Waals surface area contributed by atoms with Crippen molar-refractivity contribution in [3.8, 4) is 0 Å². The molecule has 214 valence electrons. The second-order valence-electron chi connectivity index (χ2n) is 12.3. The number of oxime groups is 1. The number of hydrogen-bond acceptors (Lipinski definition) is 6. The van der Waals surface area contributed by atoms with Gasteiger partial charge in [-0.2, -0.15) is 0 Å². The van der Waals surface area contributed by atoms with E-state index in [1.165, 1.54) is 0 Å². The molecule has 1 N–H and O–H groups in total. The Morgan fingerprint density at radius 3 is 1.73 bits per heavy atom. The smallest absolute Gasteiger partial charge is 0.286 e. The van der Waals surface area contributed by atoms with Crippen LogP contribution in [-0.2, 0) is 24.3 Å². The highest BCUT2D eigenvalue weighted by molar-refractivity contribution is 6.74. The monoisotopic (exact) mass is 561 g/mol. The maximum Gasteiger partial charge on any atom is 0.286 e. The quantitative estimate of drug-likeness (QED) is 0.126. The molecule has 0 saturated carbocycles. The third-order valence-corrected chi connectivity index (χ3v) is 12.0. The molecule has 1 fully saturated rings. The van der Waals surface area contributed by atoms with E-state index in [0.29, 0.717) is 0 Å². The molecule has 3 aromatic rings. The van der Waals surface area contributed by atoms with Crippen molar-refractivity contribution in [2.45, 2.75) is 82.5 Å². The van der Waals surface area contributed by atoms with Gasteiger partial charge in [0.15, 0.2) is 5.79 Å². The Labute approximate surface area is 240 Å². The first-order chi connectivity index (χ1) is 18.9. The molecular formula is C33H43NO5Si. The van der Waals surface area contributed by atoms with Gasteiger partial charge in [-0.3, -0.25) is 0 Å². The second kappa shape index (κ2) is 12.0. The van der Waals surface area contributed by atoms with Gasteiger partial charge in [0, 0.05) is 0 Å². The van der Waals surface area contributed by atoms with Crippen LogP contribution in [0.15, 0.2) is 96.2 Å². The zero-order chi connectivity index (χ0) is 29.0. The van der Waals surface area contributed by atoms with Crippen molar-refractivity contribution < 1.29 is 23.8 Å². The maximum atomic E-state index is 11.5. The van der Waals surface area contributed by atoms with Crippen LogP contribution in [0, 0.1) is 0 Å². The molecule has 0 amide bonds. The van der Waals surface area contributed by atoms with Crippen molar-refractivity contribution in [3.63, 3.8) is 0 Å². The van der Waals surface area contributed by atoms with E-state index < -0.39 is 38.0 Å². The molecule has 0 spiro atoms. The topological polar surface area (TPSA) is 69.5 Å². The number of aliphatic hydroxyl groups is 1. The molecule has 40 heavy (non-hydrogen) atoms. The van der Waals surface area contributed by atoms with Gasteiger partial charge in [-0.05, 0) is 48.7 Å². The fourth-order valence-electron chi connectivity index (χ4n) is 4.66. The molecule has 0 unspecified atom stereocenters. The van der Waals surface area contributed by atoms with Crippen LogP contribution in [0.5, 0.6) is 0 Å². The SMILES string of the molecule is CC1(C)O[C@H]([C@H](O)COC(c2ccccc2)(c2ccccc2)c2ccccc2)[C@H](/C=N\O[Si](C)(C)C(C)(C)C)O1. The van der Waals surface area contributed by atoms with E-state index in [0.717, 1.165) is 16.7 Å². The first kappa shape index (κ1) is 30.2. The summed E-state index contributed by atoms with van der Waals surface area (Å²) in [7, 11) is -2.10. The van der Waals surface area contributed by atoms with E-state index in [2.05, 4.69) is 75.4 Å². The van der Waals surface area contributed by atoms with E-state index in [9.17, 15) is 5.11 Å². The molecule has 7 heteroatoms. The molecular weight excluding hydrogens is 518 g/mol. The van der Waals surface area contributed by atoms with E-state index in [1.807, 2.05) is 68.4 Å². The minimum Gasteiger partial charge on any atom is -0.455 e. The lowest BCUT2D eigenvalue weighted by Gasteiger charge is -2.37. The normalized spacial score (nSPS) is 20.5. The highest BCUT2D eigenvalue weighted by atomic mass is 28.4. The molecule has 1 aliphatic rings. The van der Waals surface area contributed by atoms with Crippen LogP contribution in [0.25, 0.3) is 0 Å². The summed E-state index contributed by atoms with van der Waals surface area (Å²) in [5.41, 5.74) is 1.94. The van der Waals surface area contributed by atoms with E-state index in [4.69, 9.17) is 18.7 Å². The van der Waals surface area contributed by atoms with Gasteiger partial charge in [0.1, 0.15) is 23.9 Å². The average Bonchev–Trinajstić information content (AvgIpc) is 3.24. The second-order valence-corrected chi connectivity index (χ2v) is 17.0. The largest absolute Gasteiger partial charge is 0.455 e. The fraction of sp³-hybridized carbons (Fsp3) is 0.424. The van der Waals surface area contributed by atoms with Crippen LogP contribution in [0.2, 0.25) is 18.1 Å². The lowest BCUT2D eigenvalue weighted by atomic mass is 9.80. The molecule has 0 aliphatic carbocycles. The molecule has 1 heterocycles. The van der Waals surface area contributed by atoms with Crippen molar-refractivity contribution >= 4 is 14.5 Å². The summed E-state index contributed by atoms with van der Waals surface area (Å²) in [6, 6.07) is 30.3. The molecule has 6 nitrogen and oxygen atoms in total. The predicted molar refractivity (Wildman–Crippen MR) is 162 cm³/mol. The summed E-state index contributed by atoms with van der Waals surface area (Å²) in [4.78, 5) is 0. The molecule has 1 saturated heterocycles. The molecule has 4 rings (SSSR count). The van der Waals surface area contributed by atoms with Crippen molar-refractivity contribution in [2.24, 2.45) is 5.16 Å². The number of ether oxygens (including phenoxy) is 3. The Hall–Kier alpha value is -2.81. The summed E-state index contributed by atoms with van der Waals surface area (Å²) in [5, 5.41) is 15.9. The zero-order valence-electron chi connectivity index (χ0n) is 24.7. The highest BCUT2D eigenvalue weighted by Crippen LogP contribution is 2.41. The molecule has 3 atom stereocenters. The zero-order valence-corrected chi connectivity index (χ0v) is 25.7. The van der Waals surface area contributed by atoms with Gasteiger partial charge in [-0.15, -0.1) is 5.16 Å². The minimum absolute atomic E-state index is 0.00375. The number of hydrogen-bond donors (Lipinski definition) is 1. The van der Waals surface area contributed by atoms with Gasteiger partial charge < -0.3 is 23.8 Å². The third-order valence-electron chi connectivity index (χ3n) is 7.85. The molecule has 0 bridgehead atoms. The molecule has 1 aliphatic heterocycles. The van der Waals surface area contributed by atoms with Crippen LogP contribution < -0.4 is 0 Å². The van der Waals surface area contributed by atoms with Gasteiger partial charge in [0.2, 0.25) is 0 Å². The Morgan fingerprint density at radius 2 is 1.30 bits per heavy atom. The number of benzene rings is 3. The Bertz CT molecular complexity index is 1150. The fourth-order valence-corrected chi connectivity index (χ4v) is 5.26. The minimum atomic E-state index is -2.10. The lowest BCUT2D eigenvalue weighted by Crippen LogP contribution is -2.43. The van der Waals surface area contributed by atoms with Crippen LogP contribution in [0.3, 0.4) is 0 Å². The maximum absolute atomic E-state index is 11.5. The van der Waals surface area contributed by atoms with E-state index in [-0.39, 0.29) is 11.6 Å². The summed E-state index contributed by atoms with van der Waals surface area (Å²) in [6.07, 6.45) is -0.677. The first-order valence-corrected chi connectivity index (χ1v) is 16.8. The van der Waals surface area contributed by atoms with E-state index >= 15 is 0 Å². The van der Waals surface area contributed by atoms with Gasteiger partial charge in [-0.1, -0.05) is 112 Å². The summed E-state index contributed by atoms with van der Waals surface area (Å²) in [5.74, 6) is -0.894. The van der Waals surface area contributed by atoms with E-state index in [1.54, 1.807) is 6.21 Å². The van der Waals surface area contributed by atoms with Gasteiger partial charge in [0.25, 0.3) is 8.32 Å². The highest BCUT2D eigenvalue weighted by Gasteiger charge is 2.46. The summed E-state index contributed by atoms with van der Waals surface area (Å²) >= 11 is 0. The van der Waals surface area contributed by atoms with Gasteiger partial charge in [0.05, 0.1) is 12.8 Å². The Kier molecular flexibility index (Phi) is 9.02. The lowest BCUT2D eigenvalue weighted by molar-refractivity contribution is -0.160. The molecule has 0 aromatic heterocycles. The summed E-state index contributed by atoms with van der Waals surface area (Å²) in [6.45, 7) is 14.4. The van der Waals surface area contributed by atoms with Gasteiger partial charge in [-0.25, -0.2) is 0 Å². The van der Waals surface area contributed by atoms with Crippen molar-refractivity contribution in [2.75, 3.05) is 6.61 Å². The van der Waals surface area contributed by atoms with Crippen molar-refractivity contribution in [3.05, 3.63) is 108 Å². The van der Waals surface area contributed by atoms with Gasteiger partial charge >= 0.3 is 0 Å². The molecule has 3 aromatic carbocycles. The number of rotatable bonds is 10. The van der Waals surface area contributed by atoms with Crippen LogP contribution in [-0.4, -0.2) is 50.3 Å². The summed E-state index contributed by atoms with van der Waals surface area (Å²) < 4.78 is 25.1. The average molecular weight is 562 g/mol. The van der Waals surface area contributed by atoms with Crippen molar-refractivity contribution in [1.82, 2.24) is 0 Å². The number of nitrogens with zero attached hydrogens (tertiary/aromatic N) is 1. The van der Waals surface area contributed by atoms with Crippen molar-refractivity contribution in [1.29, 1.82) is 0 Å². The third kappa shape index (κ3) is 6.56. The first-order valence-electron chi connectivity index (χ1n) is 13.9. The Morgan fingerprint density at radius 1 is 0.850 bits per heavy atom. The molecule has 0 radical (unpaired) electrons. The van der Waals surface area contributed by atoms with Crippen LogP contribution >= 0.6 is 0 Å².